The van der Waals surface area contributed by atoms with Gasteiger partial charge in [-0.15, -0.1) is 0 Å². The Bertz CT molecular complexity index is 780. The molecule has 7 heteroatoms. The highest BCUT2D eigenvalue weighted by molar-refractivity contribution is 6.32. The van der Waals surface area contributed by atoms with Crippen LogP contribution in [-0.2, 0) is 11.3 Å². The molecule has 2 rings (SSSR count). The summed E-state index contributed by atoms with van der Waals surface area (Å²) >= 11 is 6.04. The molecule has 0 unspecified atom stereocenters. The SMILES string of the molecule is COCCNC(=O)c1cccc(CNC(=O)c2ccc(OC)c(Cl)c2)c1. The second-order valence-corrected chi connectivity index (χ2v) is 5.89. The van der Waals surface area contributed by atoms with E-state index >= 15 is 0 Å². The molecule has 2 aromatic carbocycles. The molecular formula is C19H21ClN2O4. The van der Waals surface area contributed by atoms with Crippen LogP contribution in [0.25, 0.3) is 0 Å². The Kier molecular flexibility index (Phi) is 7.44. The van der Waals surface area contributed by atoms with Crippen molar-refractivity contribution in [3.63, 3.8) is 0 Å². The summed E-state index contributed by atoms with van der Waals surface area (Å²) in [5, 5.41) is 5.94. The second-order valence-electron chi connectivity index (χ2n) is 5.48. The van der Waals surface area contributed by atoms with Gasteiger partial charge in [0.05, 0.1) is 18.7 Å². The topological polar surface area (TPSA) is 76.7 Å². The zero-order valence-corrected chi connectivity index (χ0v) is 15.4. The number of benzene rings is 2. The molecule has 2 amide bonds. The van der Waals surface area contributed by atoms with E-state index in [0.717, 1.165) is 5.56 Å². The monoisotopic (exact) mass is 376 g/mol. The lowest BCUT2D eigenvalue weighted by molar-refractivity contribution is 0.0935. The van der Waals surface area contributed by atoms with Gasteiger partial charge in [-0.25, -0.2) is 0 Å². The maximum atomic E-state index is 12.3. The van der Waals surface area contributed by atoms with Crippen molar-refractivity contribution in [2.75, 3.05) is 27.4 Å². The zero-order valence-electron chi connectivity index (χ0n) is 14.7. The van der Waals surface area contributed by atoms with Crippen molar-refractivity contribution in [1.29, 1.82) is 0 Å². The van der Waals surface area contributed by atoms with Crippen LogP contribution in [0.1, 0.15) is 26.3 Å². The summed E-state index contributed by atoms with van der Waals surface area (Å²) in [6.45, 7) is 1.18. The van der Waals surface area contributed by atoms with E-state index < -0.39 is 0 Å². The van der Waals surface area contributed by atoms with E-state index in [1.54, 1.807) is 43.5 Å². The predicted molar refractivity (Wildman–Crippen MR) is 99.8 cm³/mol. The number of carbonyl (C=O) groups excluding carboxylic acids is 2. The van der Waals surface area contributed by atoms with Gasteiger partial charge < -0.3 is 20.1 Å². The maximum absolute atomic E-state index is 12.3. The van der Waals surface area contributed by atoms with Crippen LogP contribution in [0.3, 0.4) is 0 Å². The summed E-state index contributed by atoms with van der Waals surface area (Å²) in [6, 6.07) is 11.9. The van der Waals surface area contributed by atoms with E-state index in [-0.39, 0.29) is 11.8 Å². The first-order valence-corrected chi connectivity index (χ1v) is 8.40. The molecule has 0 aromatic heterocycles. The number of carbonyl (C=O) groups is 2. The molecule has 138 valence electrons. The van der Waals surface area contributed by atoms with Crippen LogP contribution in [0.5, 0.6) is 5.75 Å². The van der Waals surface area contributed by atoms with Crippen molar-refractivity contribution in [3.05, 3.63) is 64.2 Å². The Hall–Kier alpha value is -2.57. The van der Waals surface area contributed by atoms with Gasteiger partial charge in [-0.2, -0.15) is 0 Å². The van der Waals surface area contributed by atoms with Crippen molar-refractivity contribution >= 4 is 23.4 Å². The largest absolute Gasteiger partial charge is 0.495 e. The minimum atomic E-state index is -0.260. The highest BCUT2D eigenvalue weighted by atomic mass is 35.5. The van der Waals surface area contributed by atoms with Gasteiger partial charge in [0.1, 0.15) is 5.75 Å². The Morgan fingerprint density at radius 2 is 1.73 bits per heavy atom. The molecule has 0 atom stereocenters. The highest BCUT2D eigenvalue weighted by Crippen LogP contribution is 2.24. The van der Waals surface area contributed by atoms with E-state index in [4.69, 9.17) is 21.1 Å². The van der Waals surface area contributed by atoms with E-state index in [1.165, 1.54) is 7.11 Å². The van der Waals surface area contributed by atoms with Crippen LogP contribution < -0.4 is 15.4 Å². The molecule has 2 aromatic rings. The fourth-order valence-corrected chi connectivity index (χ4v) is 2.54. The molecule has 0 radical (unpaired) electrons. The molecule has 0 bridgehead atoms. The summed E-state index contributed by atoms with van der Waals surface area (Å²) in [4.78, 5) is 24.3. The third-order valence-corrected chi connectivity index (χ3v) is 3.94. The quantitative estimate of drug-likeness (QED) is 0.694. The molecule has 0 aliphatic carbocycles. The summed E-state index contributed by atoms with van der Waals surface area (Å²) in [6.07, 6.45) is 0. The number of ether oxygens (including phenoxy) is 2. The number of hydrogen-bond donors (Lipinski definition) is 2. The first kappa shape index (κ1) is 19.8. The van der Waals surface area contributed by atoms with Crippen LogP contribution in [-0.4, -0.2) is 39.2 Å². The first-order chi connectivity index (χ1) is 12.5. The Labute approximate surface area is 157 Å². The molecule has 0 heterocycles. The fraction of sp³-hybridized carbons (Fsp3) is 0.263. The molecule has 0 aliphatic heterocycles. The lowest BCUT2D eigenvalue weighted by atomic mass is 10.1. The summed E-state index contributed by atoms with van der Waals surface area (Å²) in [5.74, 6) is 0.0667. The van der Waals surface area contributed by atoms with Gasteiger partial charge in [-0.05, 0) is 35.9 Å². The van der Waals surface area contributed by atoms with Gasteiger partial charge >= 0.3 is 0 Å². The molecular weight excluding hydrogens is 356 g/mol. The van der Waals surface area contributed by atoms with Gasteiger partial charge in [-0.1, -0.05) is 23.7 Å². The van der Waals surface area contributed by atoms with E-state index in [2.05, 4.69) is 10.6 Å². The van der Waals surface area contributed by atoms with Crippen molar-refractivity contribution in [3.8, 4) is 5.75 Å². The lowest BCUT2D eigenvalue weighted by Gasteiger charge is -2.09. The minimum absolute atomic E-state index is 0.183. The Balaban J connectivity index is 1.96. The molecule has 0 saturated carbocycles. The van der Waals surface area contributed by atoms with E-state index in [1.807, 2.05) is 6.07 Å². The average Bonchev–Trinajstić information content (AvgIpc) is 2.66. The second kappa shape index (κ2) is 9.79. The van der Waals surface area contributed by atoms with Gasteiger partial charge in [0, 0.05) is 31.3 Å². The summed E-state index contributed by atoms with van der Waals surface area (Å²) < 4.78 is 9.97. The number of methoxy groups -OCH3 is 2. The number of hydrogen-bond acceptors (Lipinski definition) is 4. The molecule has 0 spiro atoms. The number of rotatable bonds is 8. The third kappa shape index (κ3) is 5.47. The molecule has 26 heavy (non-hydrogen) atoms. The van der Waals surface area contributed by atoms with Crippen LogP contribution in [0, 0.1) is 0 Å². The van der Waals surface area contributed by atoms with Crippen molar-refractivity contribution in [1.82, 2.24) is 10.6 Å². The first-order valence-electron chi connectivity index (χ1n) is 8.03. The molecule has 2 N–H and O–H groups in total. The van der Waals surface area contributed by atoms with Gasteiger partial charge in [0.15, 0.2) is 0 Å². The maximum Gasteiger partial charge on any atom is 0.251 e. The van der Waals surface area contributed by atoms with Crippen LogP contribution in [0.15, 0.2) is 42.5 Å². The van der Waals surface area contributed by atoms with Crippen molar-refractivity contribution < 1.29 is 19.1 Å². The van der Waals surface area contributed by atoms with Gasteiger partial charge in [0.25, 0.3) is 11.8 Å². The van der Waals surface area contributed by atoms with Crippen LogP contribution in [0.2, 0.25) is 5.02 Å². The minimum Gasteiger partial charge on any atom is -0.495 e. The smallest absolute Gasteiger partial charge is 0.251 e. The number of halogens is 1. The average molecular weight is 377 g/mol. The Morgan fingerprint density at radius 1 is 1.00 bits per heavy atom. The number of nitrogens with one attached hydrogen (secondary N) is 2. The normalized spacial score (nSPS) is 10.3. The van der Waals surface area contributed by atoms with Gasteiger partial charge in [-0.3, -0.25) is 9.59 Å². The molecule has 6 nitrogen and oxygen atoms in total. The Morgan fingerprint density at radius 3 is 2.42 bits per heavy atom. The summed E-state index contributed by atoms with van der Waals surface area (Å²) in [5.41, 5.74) is 1.78. The predicted octanol–water partition coefficient (Wildman–Crippen LogP) is 2.65. The van der Waals surface area contributed by atoms with Crippen molar-refractivity contribution in [2.24, 2.45) is 0 Å². The molecule has 0 fully saturated rings. The van der Waals surface area contributed by atoms with E-state index in [9.17, 15) is 9.59 Å². The zero-order chi connectivity index (χ0) is 18.9. The number of amides is 2. The van der Waals surface area contributed by atoms with Crippen LogP contribution in [0.4, 0.5) is 0 Å². The van der Waals surface area contributed by atoms with E-state index in [0.29, 0.717) is 41.6 Å². The summed E-state index contributed by atoms with van der Waals surface area (Å²) in [7, 11) is 3.09. The molecule has 0 saturated heterocycles. The van der Waals surface area contributed by atoms with Crippen LogP contribution >= 0.6 is 11.6 Å². The molecule has 0 aliphatic rings. The fourth-order valence-electron chi connectivity index (χ4n) is 2.28. The van der Waals surface area contributed by atoms with Gasteiger partial charge in [0.2, 0.25) is 0 Å². The standard InChI is InChI=1S/C19H21ClN2O4/c1-25-9-8-21-18(23)14-5-3-4-13(10-14)12-22-19(24)15-6-7-17(26-2)16(20)11-15/h3-7,10-11H,8-9,12H2,1-2H3,(H,21,23)(H,22,24). The third-order valence-electron chi connectivity index (χ3n) is 3.65. The lowest BCUT2D eigenvalue weighted by Crippen LogP contribution is -2.27. The highest BCUT2D eigenvalue weighted by Gasteiger charge is 2.10. The van der Waals surface area contributed by atoms with Crippen molar-refractivity contribution in [2.45, 2.75) is 6.54 Å².